The Hall–Kier alpha value is -1.59. The molecule has 1 aromatic heterocycles. The zero-order valence-corrected chi connectivity index (χ0v) is 11.0. The molecule has 0 aliphatic rings. The molecule has 0 aliphatic carbocycles. The Morgan fingerprint density at radius 2 is 2.33 bits per heavy atom. The van der Waals surface area contributed by atoms with Gasteiger partial charge in [-0.1, -0.05) is 11.6 Å². The third-order valence-corrected chi connectivity index (χ3v) is 2.79. The fourth-order valence-electron chi connectivity index (χ4n) is 1.81. The smallest absolute Gasteiger partial charge is 0.252 e. The maximum absolute atomic E-state index is 11.5. The number of benzene rings is 1. The summed E-state index contributed by atoms with van der Waals surface area (Å²) in [6, 6.07) is 5.47. The number of fused-ring (bicyclic) bond motifs is 1. The standard InChI is InChI=1S/C12H14ClN3O2/c1-3-16-10-5-4-8(13)6-9(10)14-12(16)15-11(17)7-18-2/h4-6H,3,7H2,1-2H3,(H,14,15,17). The van der Waals surface area contributed by atoms with Crippen LogP contribution in [0.5, 0.6) is 0 Å². The highest BCUT2D eigenvalue weighted by atomic mass is 35.5. The second-order valence-corrected chi connectivity index (χ2v) is 4.23. The molecule has 2 rings (SSSR count). The van der Waals surface area contributed by atoms with Crippen molar-refractivity contribution in [2.75, 3.05) is 19.0 Å². The van der Waals surface area contributed by atoms with Gasteiger partial charge < -0.3 is 9.30 Å². The number of methoxy groups -OCH3 is 1. The van der Waals surface area contributed by atoms with Gasteiger partial charge in [0.25, 0.3) is 5.91 Å². The summed E-state index contributed by atoms with van der Waals surface area (Å²) in [5, 5.41) is 3.34. The lowest BCUT2D eigenvalue weighted by Crippen LogP contribution is -2.19. The maximum Gasteiger partial charge on any atom is 0.252 e. The molecule has 18 heavy (non-hydrogen) atoms. The van der Waals surface area contributed by atoms with Crippen molar-refractivity contribution in [1.82, 2.24) is 9.55 Å². The molecule has 0 saturated carbocycles. The molecule has 0 spiro atoms. The Bertz CT molecular complexity index is 580. The third-order valence-electron chi connectivity index (χ3n) is 2.55. The molecule has 0 aliphatic heterocycles. The van der Waals surface area contributed by atoms with E-state index < -0.39 is 0 Å². The first-order valence-electron chi connectivity index (χ1n) is 5.60. The quantitative estimate of drug-likeness (QED) is 0.925. The molecular formula is C12H14ClN3O2. The van der Waals surface area contributed by atoms with E-state index in [9.17, 15) is 4.79 Å². The second kappa shape index (κ2) is 5.37. The Kier molecular flexibility index (Phi) is 3.84. The van der Waals surface area contributed by atoms with Crippen molar-refractivity contribution in [3.8, 4) is 0 Å². The van der Waals surface area contributed by atoms with Gasteiger partial charge in [-0.3, -0.25) is 10.1 Å². The summed E-state index contributed by atoms with van der Waals surface area (Å²) < 4.78 is 6.69. The molecule has 1 amide bonds. The van der Waals surface area contributed by atoms with Crippen molar-refractivity contribution in [1.29, 1.82) is 0 Å². The number of halogens is 1. The molecule has 0 unspecified atom stereocenters. The van der Waals surface area contributed by atoms with E-state index >= 15 is 0 Å². The number of aromatic nitrogens is 2. The van der Waals surface area contributed by atoms with Crippen LogP contribution in [-0.4, -0.2) is 29.2 Å². The number of rotatable bonds is 4. The molecule has 2 aromatic rings. The summed E-state index contributed by atoms with van der Waals surface area (Å²) in [4.78, 5) is 15.9. The minimum atomic E-state index is -0.228. The van der Waals surface area contributed by atoms with Crippen molar-refractivity contribution in [3.63, 3.8) is 0 Å². The van der Waals surface area contributed by atoms with Crippen molar-refractivity contribution in [3.05, 3.63) is 23.2 Å². The molecule has 5 nitrogen and oxygen atoms in total. The van der Waals surface area contributed by atoms with Crippen molar-refractivity contribution in [2.45, 2.75) is 13.5 Å². The highest BCUT2D eigenvalue weighted by Crippen LogP contribution is 2.22. The second-order valence-electron chi connectivity index (χ2n) is 3.79. The minimum Gasteiger partial charge on any atom is -0.375 e. The molecule has 96 valence electrons. The van der Waals surface area contributed by atoms with Crippen LogP contribution in [0.25, 0.3) is 11.0 Å². The van der Waals surface area contributed by atoms with Crippen LogP contribution in [0.1, 0.15) is 6.92 Å². The summed E-state index contributed by atoms with van der Waals surface area (Å²) in [7, 11) is 1.47. The fourth-order valence-corrected chi connectivity index (χ4v) is 1.98. The molecule has 1 N–H and O–H groups in total. The van der Waals surface area contributed by atoms with Crippen molar-refractivity contribution in [2.24, 2.45) is 0 Å². The van der Waals surface area contributed by atoms with Gasteiger partial charge in [0.05, 0.1) is 11.0 Å². The van der Waals surface area contributed by atoms with Crippen LogP contribution in [0.15, 0.2) is 18.2 Å². The van der Waals surface area contributed by atoms with Crippen LogP contribution in [-0.2, 0) is 16.1 Å². The van der Waals surface area contributed by atoms with E-state index in [2.05, 4.69) is 10.3 Å². The zero-order valence-electron chi connectivity index (χ0n) is 10.2. The largest absolute Gasteiger partial charge is 0.375 e. The summed E-state index contributed by atoms with van der Waals surface area (Å²) in [5.41, 5.74) is 1.70. The Morgan fingerprint density at radius 3 is 3.00 bits per heavy atom. The lowest BCUT2D eigenvalue weighted by molar-refractivity contribution is -0.119. The number of carbonyl (C=O) groups excluding carboxylic acids is 1. The van der Waals surface area contributed by atoms with Crippen LogP contribution in [0, 0.1) is 0 Å². The van der Waals surface area contributed by atoms with E-state index in [-0.39, 0.29) is 12.5 Å². The van der Waals surface area contributed by atoms with E-state index in [1.54, 1.807) is 12.1 Å². The summed E-state index contributed by atoms with van der Waals surface area (Å²) in [5.74, 6) is 0.283. The first kappa shape index (κ1) is 12.9. The lowest BCUT2D eigenvalue weighted by Gasteiger charge is -2.06. The van der Waals surface area contributed by atoms with Crippen LogP contribution < -0.4 is 5.32 Å². The molecule has 1 aromatic carbocycles. The molecule has 0 saturated heterocycles. The number of hydrogen-bond acceptors (Lipinski definition) is 3. The van der Waals surface area contributed by atoms with Crippen molar-refractivity contribution >= 4 is 34.5 Å². The van der Waals surface area contributed by atoms with Crippen LogP contribution in [0.2, 0.25) is 5.02 Å². The number of aryl methyl sites for hydroxylation is 1. The number of amides is 1. The predicted molar refractivity (Wildman–Crippen MR) is 70.9 cm³/mol. The normalized spacial score (nSPS) is 10.8. The monoisotopic (exact) mass is 267 g/mol. The molecule has 6 heteroatoms. The SMILES string of the molecule is CCn1c(NC(=O)COC)nc2cc(Cl)ccc21. The molecule has 0 bridgehead atoms. The first-order chi connectivity index (χ1) is 8.65. The summed E-state index contributed by atoms with van der Waals surface area (Å²) in [6.07, 6.45) is 0. The van der Waals surface area contributed by atoms with E-state index in [0.717, 1.165) is 11.0 Å². The fraction of sp³-hybridized carbons (Fsp3) is 0.333. The predicted octanol–water partition coefficient (Wildman–Crippen LogP) is 2.29. The zero-order chi connectivity index (χ0) is 13.1. The van der Waals surface area contributed by atoms with Gasteiger partial charge in [0.2, 0.25) is 5.95 Å². The third kappa shape index (κ3) is 2.47. The van der Waals surface area contributed by atoms with Gasteiger partial charge in [0.1, 0.15) is 6.61 Å². The number of carbonyl (C=O) groups is 1. The van der Waals surface area contributed by atoms with Gasteiger partial charge in [-0.15, -0.1) is 0 Å². The average molecular weight is 268 g/mol. The van der Waals surface area contributed by atoms with Crippen LogP contribution in [0.4, 0.5) is 5.95 Å². The molecule has 0 radical (unpaired) electrons. The van der Waals surface area contributed by atoms with E-state index in [1.807, 2.05) is 17.6 Å². The van der Waals surface area contributed by atoms with Gasteiger partial charge >= 0.3 is 0 Å². The summed E-state index contributed by atoms with van der Waals surface area (Å²) in [6.45, 7) is 2.70. The molecule has 0 fully saturated rings. The van der Waals surface area contributed by atoms with Crippen LogP contribution >= 0.6 is 11.6 Å². The molecule has 1 heterocycles. The van der Waals surface area contributed by atoms with Gasteiger partial charge in [-0.2, -0.15) is 0 Å². The van der Waals surface area contributed by atoms with E-state index in [1.165, 1.54) is 7.11 Å². The van der Waals surface area contributed by atoms with Gasteiger partial charge in [0, 0.05) is 18.7 Å². The Morgan fingerprint density at radius 1 is 1.56 bits per heavy atom. The lowest BCUT2D eigenvalue weighted by atomic mass is 10.3. The van der Waals surface area contributed by atoms with E-state index in [4.69, 9.17) is 16.3 Å². The number of nitrogens with one attached hydrogen (secondary N) is 1. The number of hydrogen-bond donors (Lipinski definition) is 1. The van der Waals surface area contributed by atoms with Crippen LogP contribution in [0.3, 0.4) is 0 Å². The maximum atomic E-state index is 11.5. The number of ether oxygens (including phenoxy) is 1. The summed E-state index contributed by atoms with van der Waals surface area (Å²) >= 11 is 5.92. The topological polar surface area (TPSA) is 56.2 Å². The Balaban J connectivity index is 2.40. The molecule has 0 atom stereocenters. The van der Waals surface area contributed by atoms with Gasteiger partial charge in [-0.05, 0) is 25.1 Å². The number of anilines is 1. The average Bonchev–Trinajstić information content (AvgIpc) is 2.65. The number of nitrogens with zero attached hydrogens (tertiary/aromatic N) is 2. The number of imidazole rings is 1. The molecular weight excluding hydrogens is 254 g/mol. The Labute approximate surface area is 110 Å². The van der Waals surface area contributed by atoms with Crippen molar-refractivity contribution < 1.29 is 9.53 Å². The van der Waals surface area contributed by atoms with Gasteiger partial charge in [0.15, 0.2) is 0 Å². The van der Waals surface area contributed by atoms with Gasteiger partial charge in [-0.25, -0.2) is 4.98 Å². The first-order valence-corrected chi connectivity index (χ1v) is 5.98. The van der Waals surface area contributed by atoms with E-state index in [0.29, 0.717) is 17.5 Å². The highest BCUT2D eigenvalue weighted by molar-refractivity contribution is 6.31. The highest BCUT2D eigenvalue weighted by Gasteiger charge is 2.12. The minimum absolute atomic E-state index is 0.00761.